The van der Waals surface area contributed by atoms with E-state index in [0.717, 1.165) is 0 Å². The van der Waals surface area contributed by atoms with Crippen LogP contribution in [0.4, 0.5) is 0 Å². The Bertz CT molecular complexity index is 360. The first-order valence-electron chi connectivity index (χ1n) is 2.77. The highest BCUT2D eigenvalue weighted by molar-refractivity contribution is 7.85. The van der Waals surface area contributed by atoms with Gasteiger partial charge in [-0.1, -0.05) is 0 Å². The highest BCUT2D eigenvalue weighted by Crippen LogP contribution is 2.05. The first-order valence-corrected chi connectivity index (χ1v) is 4.21. The molecule has 1 heterocycles. The molecule has 0 radical (unpaired) electrons. The van der Waals surface area contributed by atoms with E-state index in [-0.39, 0.29) is 10.7 Å². The van der Waals surface area contributed by atoms with E-state index in [9.17, 15) is 8.42 Å². The van der Waals surface area contributed by atoms with Gasteiger partial charge in [0.25, 0.3) is 0 Å². The zero-order chi connectivity index (χ0) is 8.48. The molecule has 0 bridgehead atoms. The summed E-state index contributed by atoms with van der Waals surface area (Å²) in [6, 6.07) is 0. The van der Waals surface area contributed by atoms with Crippen molar-refractivity contribution >= 4 is 10.1 Å². The number of hydrogen-bond donors (Lipinski definition) is 1. The quantitative estimate of drug-likeness (QED) is 0.607. The molecule has 0 unspecified atom stereocenters. The fraction of sp³-hybridized carbons (Fsp3) is 0.200. The Morgan fingerprint density at radius 2 is 1.91 bits per heavy atom. The van der Waals surface area contributed by atoms with Crippen LogP contribution in [-0.4, -0.2) is 22.9 Å². The van der Waals surface area contributed by atoms with Crippen molar-refractivity contribution in [3.63, 3.8) is 0 Å². The Morgan fingerprint density at radius 3 is 2.27 bits per heavy atom. The third kappa shape index (κ3) is 1.72. The lowest BCUT2D eigenvalue weighted by Gasteiger charge is -1.96. The number of nitrogens with zero attached hydrogens (tertiary/aromatic N) is 2. The number of aryl methyl sites for hydroxylation is 1. The zero-order valence-corrected chi connectivity index (χ0v) is 6.54. The van der Waals surface area contributed by atoms with Gasteiger partial charge in [0.15, 0.2) is 0 Å². The molecule has 11 heavy (non-hydrogen) atoms. The minimum atomic E-state index is -4.21. The van der Waals surface area contributed by atoms with E-state index in [1.54, 1.807) is 0 Å². The Morgan fingerprint density at radius 1 is 1.36 bits per heavy atom. The van der Waals surface area contributed by atoms with Gasteiger partial charge in [-0.25, -0.2) is 4.98 Å². The molecule has 1 aromatic heterocycles. The summed E-state index contributed by atoms with van der Waals surface area (Å²) in [7, 11) is -4.21. The summed E-state index contributed by atoms with van der Waals surface area (Å²) in [6.07, 6.45) is 2.56. The van der Waals surface area contributed by atoms with Crippen LogP contribution >= 0.6 is 0 Å². The van der Waals surface area contributed by atoms with Gasteiger partial charge in [-0.2, -0.15) is 8.42 Å². The summed E-state index contributed by atoms with van der Waals surface area (Å²) in [5.41, 5.74) is 0.190. The van der Waals surface area contributed by atoms with Crippen molar-refractivity contribution in [1.29, 1.82) is 0 Å². The predicted octanol–water partition coefficient (Wildman–Crippen LogP) is 0.0317. The molecule has 0 aliphatic heterocycles. The van der Waals surface area contributed by atoms with Crippen molar-refractivity contribution < 1.29 is 13.0 Å². The first-order chi connectivity index (χ1) is 5.02. The molecule has 6 heteroatoms. The number of rotatable bonds is 1. The molecule has 0 saturated heterocycles. The highest BCUT2D eigenvalue weighted by Gasteiger charge is 2.14. The van der Waals surface area contributed by atoms with Crippen LogP contribution in [0.15, 0.2) is 17.4 Å². The fourth-order valence-corrected chi connectivity index (χ4v) is 1.27. The van der Waals surface area contributed by atoms with Crippen molar-refractivity contribution in [2.24, 2.45) is 0 Å². The van der Waals surface area contributed by atoms with Crippen molar-refractivity contribution in [3.05, 3.63) is 18.1 Å². The van der Waals surface area contributed by atoms with Crippen molar-refractivity contribution in [1.82, 2.24) is 9.97 Å². The van der Waals surface area contributed by atoms with Gasteiger partial charge in [-0.3, -0.25) is 9.54 Å². The van der Waals surface area contributed by atoms with Crippen LogP contribution in [0.3, 0.4) is 0 Å². The summed E-state index contributed by atoms with van der Waals surface area (Å²) in [6.45, 7) is 1.45. The smallest absolute Gasteiger partial charge is 0.281 e. The summed E-state index contributed by atoms with van der Waals surface area (Å²) in [5.74, 6) is 0. The maximum Gasteiger partial charge on any atom is 0.314 e. The lowest BCUT2D eigenvalue weighted by Crippen LogP contribution is -2.04. The minimum Gasteiger partial charge on any atom is -0.281 e. The molecule has 0 saturated carbocycles. The molecule has 0 fully saturated rings. The molecular weight excluding hydrogens is 168 g/mol. The Balaban J connectivity index is 3.37. The van der Waals surface area contributed by atoms with Crippen LogP contribution in [0.5, 0.6) is 0 Å². The van der Waals surface area contributed by atoms with Crippen molar-refractivity contribution in [2.45, 2.75) is 11.9 Å². The monoisotopic (exact) mass is 174 g/mol. The molecule has 0 aliphatic carbocycles. The molecule has 1 N–H and O–H groups in total. The molecule has 0 aliphatic rings. The van der Waals surface area contributed by atoms with Gasteiger partial charge in [0.2, 0.25) is 5.03 Å². The third-order valence-electron chi connectivity index (χ3n) is 1.08. The largest absolute Gasteiger partial charge is 0.314 e. The number of aromatic nitrogens is 2. The van der Waals surface area contributed by atoms with Crippen LogP contribution in [-0.2, 0) is 10.1 Å². The molecule has 1 rings (SSSR count). The van der Waals surface area contributed by atoms with E-state index in [0.29, 0.717) is 0 Å². The first kappa shape index (κ1) is 8.09. The molecule has 0 spiro atoms. The molecule has 60 valence electrons. The standard InChI is InChI=1S/C5H6N2O3S/c1-4-5(11(8,9)10)7-3-2-6-4/h2-3H,1H3,(H,8,9,10). The molecule has 0 amide bonds. The van der Waals surface area contributed by atoms with Crippen LogP contribution in [0, 0.1) is 6.92 Å². The van der Waals surface area contributed by atoms with Gasteiger partial charge >= 0.3 is 10.1 Å². The van der Waals surface area contributed by atoms with E-state index in [1.807, 2.05) is 0 Å². The summed E-state index contributed by atoms with van der Waals surface area (Å²) in [4.78, 5) is 7.09. The Labute approximate surface area is 63.9 Å². The zero-order valence-electron chi connectivity index (χ0n) is 5.72. The molecule has 1 aromatic rings. The van der Waals surface area contributed by atoms with E-state index >= 15 is 0 Å². The fourth-order valence-electron chi connectivity index (χ4n) is 0.648. The highest BCUT2D eigenvalue weighted by atomic mass is 32.2. The molecular formula is C5H6N2O3S. The summed E-state index contributed by atoms with van der Waals surface area (Å²) < 4.78 is 29.6. The van der Waals surface area contributed by atoms with Crippen LogP contribution in [0.2, 0.25) is 0 Å². The second kappa shape index (κ2) is 2.55. The number of hydrogen-bond acceptors (Lipinski definition) is 4. The molecule has 5 nitrogen and oxygen atoms in total. The molecule has 0 atom stereocenters. The minimum absolute atomic E-state index is 0.190. The average Bonchev–Trinajstić information content (AvgIpc) is 1.86. The summed E-state index contributed by atoms with van der Waals surface area (Å²) >= 11 is 0. The topological polar surface area (TPSA) is 80.2 Å². The van der Waals surface area contributed by atoms with Gasteiger partial charge in [-0.15, -0.1) is 0 Å². The maximum absolute atomic E-state index is 10.5. The van der Waals surface area contributed by atoms with Crippen molar-refractivity contribution in [3.8, 4) is 0 Å². The van der Waals surface area contributed by atoms with Crippen LogP contribution < -0.4 is 0 Å². The van der Waals surface area contributed by atoms with Gasteiger partial charge in [0.1, 0.15) is 0 Å². The second-order valence-electron chi connectivity index (χ2n) is 1.92. The normalized spacial score (nSPS) is 11.5. The second-order valence-corrected chi connectivity index (χ2v) is 3.26. The lowest BCUT2D eigenvalue weighted by molar-refractivity contribution is 0.477. The van der Waals surface area contributed by atoms with Gasteiger partial charge in [0, 0.05) is 12.4 Å². The SMILES string of the molecule is Cc1nccnc1S(=O)(=O)O. The van der Waals surface area contributed by atoms with E-state index in [2.05, 4.69) is 9.97 Å². The van der Waals surface area contributed by atoms with Crippen molar-refractivity contribution in [2.75, 3.05) is 0 Å². The molecule has 0 aromatic carbocycles. The van der Waals surface area contributed by atoms with E-state index < -0.39 is 10.1 Å². The third-order valence-corrected chi connectivity index (χ3v) is 1.97. The van der Waals surface area contributed by atoms with Crippen LogP contribution in [0.1, 0.15) is 5.69 Å². The van der Waals surface area contributed by atoms with E-state index in [1.165, 1.54) is 19.3 Å². The Kier molecular flexibility index (Phi) is 1.88. The van der Waals surface area contributed by atoms with E-state index in [4.69, 9.17) is 4.55 Å². The lowest BCUT2D eigenvalue weighted by atomic mass is 10.5. The Hall–Kier alpha value is -1.01. The van der Waals surface area contributed by atoms with Gasteiger partial charge < -0.3 is 0 Å². The van der Waals surface area contributed by atoms with Gasteiger partial charge in [-0.05, 0) is 6.92 Å². The average molecular weight is 174 g/mol. The summed E-state index contributed by atoms with van der Waals surface area (Å²) in [5, 5.41) is -0.389. The van der Waals surface area contributed by atoms with Crippen LogP contribution in [0.25, 0.3) is 0 Å². The van der Waals surface area contributed by atoms with Gasteiger partial charge in [0.05, 0.1) is 5.69 Å². The predicted molar refractivity (Wildman–Crippen MR) is 36.6 cm³/mol. The maximum atomic E-state index is 10.5.